The number of hydrogen-bond acceptors (Lipinski definition) is 2. The molecule has 1 unspecified atom stereocenters. The Labute approximate surface area is 117 Å². The standard InChI is InChI=1S/C15H20BrNO/c1-2-4-12-7-8-17(10-12)11-15(18)13-5-3-6-14(16)9-13/h3,5-6,9,12H,2,4,7-8,10-11H2,1H3. The third kappa shape index (κ3) is 3.66. The van der Waals surface area contributed by atoms with E-state index in [0.29, 0.717) is 6.54 Å². The molecule has 0 saturated carbocycles. The van der Waals surface area contributed by atoms with Crippen LogP contribution in [0.1, 0.15) is 36.5 Å². The minimum Gasteiger partial charge on any atom is -0.296 e. The summed E-state index contributed by atoms with van der Waals surface area (Å²) in [5.74, 6) is 1.03. The predicted octanol–water partition coefficient (Wildman–Crippen LogP) is 3.75. The van der Waals surface area contributed by atoms with Gasteiger partial charge in [-0.15, -0.1) is 0 Å². The summed E-state index contributed by atoms with van der Waals surface area (Å²) < 4.78 is 0.971. The van der Waals surface area contributed by atoms with Gasteiger partial charge in [0, 0.05) is 16.6 Å². The lowest BCUT2D eigenvalue weighted by atomic mass is 10.0. The van der Waals surface area contributed by atoms with Crippen molar-refractivity contribution in [3.8, 4) is 0 Å². The van der Waals surface area contributed by atoms with Gasteiger partial charge in [0.2, 0.25) is 0 Å². The Kier molecular flexibility index (Phi) is 4.95. The molecule has 2 rings (SSSR count). The molecule has 1 fully saturated rings. The second-order valence-corrected chi connectivity index (χ2v) is 6.03. The lowest BCUT2D eigenvalue weighted by Crippen LogP contribution is -2.27. The largest absolute Gasteiger partial charge is 0.296 e. The normalized spacial score (nSPS) is 20.2. The number of halogens is 1. The number of Topliss-reactive ketones (excluding diaryl/α,β-unsaturated/α-hetero) is 1. The molecule has 2 nitrogen and oxygen atoms in total. The van der Waals surface area contributed by atoms with E-state index in [4.69, 9.17) is 0 Å². The van der Waals surface area contributed by atoms with E-state index in [2.05, 4.69) is 27.8 Å². The van der Waals surface area contributed by atoms with E-state index >= 15 is 0 Å². The Balaban J connectivity index is 1.89. The van der Waals surface area contributed by atoms with E-state index in [1.165, 1.54) is 19.3 Å². The monoisotopic (exact) mass is 309 g/mol. The smallest absolute Gasteiger partial charge is 0.176 e. The zero-order valence-electron chi connectivity index (χ0n) is 10.9. The molecule has 0 N–H and O–H groups in total. The summed E-state index contributed by atoms with van der Waals surface area (Å²) in [6.07, 6.45) is 3.79. The van der Waals surface area contributed by atoms with Crippen molar-refractivity contribution in [2.24, 2.45) is 5.92 Å². The van der Waals surface area contributed by atoms with Crippen molar-refractivity contribution in [3.05, 3.63) is 34.3 Å². The van der Waals surface area contributed by atoms with E-state index in [0.717, 1.165) is 29.0 Å². The van der Waals surface area contributed by atoms with Crippen molar-refractivity contribution >= 4 is 21.7 Å². The van der Waals surface area contributed by atoms with Gasteiger partial charge >= 0.3 is 0 Å². The summed E-state index contributed by atoms with van der Waals surface area (Å²) in [6, 6.07) is 7.67. The lowest BCUT2D eigenvalue weighted by Gasteiger charge is -2.15. The van der Waals surface area contributed by atoms with Crippen molar-refractivity contribution in [3.63, 3.8) is 0 Å². The Morgan fingerprint density at radius 3 is 3.06 bits per heavy atom. The quantitative estimate of drug-likeness (QED) is 0.772. The molecule has 1 saturated heterocycles. The second kappa shape index (κ2) is 6.48. The molecule has 1 heterocycles. The van der Waals surface area contributed by atoms with E-state index in [9.17, 15) is 4.79 Å². The zero-order chi connectivity index (χ0) is 13.0. The lowest BCUT2D eigenvalue weighted by molar-refractivity contribution is 0.0943. The van der Waals surface area contributed by atoms with Crippen LogP contribution in [0.4, 0.5) is 0 Å². The van der Waals surface area contributed by atoms with Crippen LogP contribution in [-0.2, 0) is 0 Å². The average molecular weight is 310 g/mol. The van der Waals surface area contributed by atoms with Crippen molar-refractivity contribution in [2.75, 3.05) is 19.6 Å². The van der Waals surface area contributed by atoms with Gasteiger partial charge in [-0.25, -0.2) is 0 Å². The van der Waals surface area contributed by atoms with Crippen molar-refractivity contribution in [1.29, 1.82) is 0 Å². The first-order chi connectivity index (χ1) is 8.69. The molecule has 1 aliphatic heterocycles. The van der Waals surface area contributed by atoms with Gasteiger partial charge in [0.1, 0.15) is 0 Å². The van der Waals surface area contributed by atoms with Crippen LogP contribution in [0.3, 0.4) is 0 Å². The van der Waals surface area contributed by atoms with Crippen LogP contribution in [0.5, 0.6) is 0 Å². The highest BCUT2D eigenvalue weighted by Gasteiger charge is 2.23. The predicted molar refractivity (Wildman–Crippen MR) is 77.9 cm³/mol. The number of likely N-dealkylation sites (tertiary alicyclic amines) is 1. The van der Waals surface area contributed by atoms with Gasteiger partial charge < -0.3 is 0 Å². The molecule has 18 heavy (non-hydrogen) atoms. The number of carbonyl (C=O) groups excluding carboxylic acids is 1. The topological polar surface area (TPSA) is 20.3 Å². The number of nitrogens with zero attached hydrogens (tertiary/aromatic N) is 1. The molecule has 0 spiro atoms. The fourth-order valence-corrected chi connectivity index (χ4v) is 3.06. The van der Waals surface area contributed by atoms with E-state index < -0.39 is 0 Å². The molecule has 1 aromatic carbocycles. The molecule has 3 heteroatoms. The summed E-state index contributed by atoms with van der Waals surface area (Å²) in [4.78, 5) is 14.5. The zero-order valence-corrected chi connectivity index (χ0v) is 12.4. The molecule has 0 radical (unpaired) electrons. The number of rotatable bonds is 5. The molecule has 0 amide bonds. The second-order valence-electron chi connectivity index (χ2n) is 5.11. The summed E-state index contributed by atoms with van der Waals surface area (Å²) in [7, 11) is 0. The first-order valence-corrected chi connectivity index (χ1v) is 7.49. The van der Waals surface area contributed by atoms with E-state index in [-0.39, 0.29) is 5.78 Å². The molecule has 1 aromatic rings. The molecule has 0 bridgehead atoms. The Bertz CT molecular complexity index is 419. The third-order valence-electron chi connectivity index (χ3n) is 3.58. The van der Waals surface area contributed by atoms with Crippen LogP contribution >= 0.6 is 15.9 Å². The fourth-order valence-electron chi connectivity index (χ4n) is 2.66. The van der Waals surface area contributed by atoms with E-state index in [1.54, 1.807) is 0 Å². The maximum absolute atomic E-state index is 12.2. The first kappa shape index (κ1) is 13.8. The van der Waals surface area contributed by atoms with Gasteiger partial charge in [-0.1, -0.05) is 41.4 Å². The van der Waals surface area contributed by atoms with Crippen molar-refractivity contribution in [1.82, 2.24) is 4.90 Å². The highest BCUT2D eigenvalue weighted by molar-refractivity contribution is 9.10. The number of benzene rings is 1. The highest BCUT2D eigenvalue weighted by atomic mass is 79.9. The maximum atomic E-state index is 12.2. The number of ketones is 1. The fraction of sp³-hybridized carbons (Fsp3) is 0.533. The van der Waals surface area contributed by atoms with Gasteiger partial charge in [0.25, 0.3) is 0 Å². The van der Waals surface area contributed by atoms with Gasteiger partial charge in [-0.2, -0.15) is 0 Å². The van der Waals surface area contributed by atoms with Gasteiger partial charge in [0.05, 0.1) is 6.54 Å². The Morgan fingerprint density at radius 1 is 1.50 bits per heavy atom. The third-order valence-corrected chi connectivity index (χ3v) is 4.07. The summed E-state index contributed by atoms with van der Waals surface area (Å²) in [5, 5.41) is 0. The van der Waals surface area contributed by atoms with Crippen LogP contribution < -0.4 is 0 Å². The summed E-state index contributed by atoms with van der Waals surface area (Å²) >= 11 is 3.41. The van der Waals surface area contributed by atoms with Gasteiger partial charge in [-0.3, -0.25) is 9.69 Å². The van der Waals surface area contributed by atoms with Crippen LogP contribution in [0, 0.1) is 5.92 Å². The molecular formula is C15H20BrNO. The van der Waals surface area contributed by atoms with Gasteiger partial charge in [0.15, 0.2) is 5.78 Å². The SMILES string of the molecule is CCCC1CCN(CC(=O)c2cccc(Br)c2)C1. The Morgan fingerprint density at radius 2 is 2.33 bits per heavy atom. The van der Waals surface area contributed by atoms with Gasteiger partial charge in [-0.05, 0) is 37.4 Å². The number of hydrogen-bond donors (Lipinski definition) is 0. The molecule has 1 atom stereocenters. The van der Waals surface area contributed by atoms with Crippen molar-refractivity contribution < 1.29 is 4.79 Å². The van der Waals surface area contributed by atoms with Crippen LogP contribution in [0.25, 0.3) is 0 Å². The summed E-state index contributed by atoms with van der Waals surface area (Å²) in [5.41, 5.74) is 0.809. The first-order valence-electron chi connectivity index (χ1n) is 6.70. The summed E-state index contributed by atoms with van der Waals surface area (Å²) in [6.45, 7) is 4.96. The maximum Gasteiger partial charge on any atom is 0.176 e. The van der Waals surface area contributed by atoms with Crippen LogP contribution in [0.15, 0.2) is 28.7 Å². The van der Waals surface area contributed by atoms with Crippen LogP contribution in [0.2, 0.25) is 0 Å². The molecular weight excluding hydrogens is 290 g/mol. The van der Waals surface area contributed by atoms with Crippen LogP contribution in [-0.4, -0.2) is 30.3 Å². The Hall–Kier alpha value is -0.670. The number of carbonyl (C=O) groups is 1. The molecule has 98 valence electrons. The minimum atomic E-state index is 0.230. The molecule has 1 aliphatic rings. The van der Waals surface area contributed by atoms with Crippen molar-refractivity contribution in [2.45, 2.75) is 26.2 Å². The van der Waals surface area contributed by atoms with E-state index in [1.807, 2.05) is 24.3 Å². The highest BCUT2D eigenvalue weighted by Crippen LogP contribution is 2.21. The average Bonchev–Trinajstić information content (AvgIpc) is 2.77. The molecule has 0 aromatic heterocycles. The minimum absolute atomic E-state index is 0.230. The molecule has 0 aliphatic carbocycles.